The molecule has 0 aromatic heterocycles. The molecule has 3 fully saturated rings. The molecule has 8 atom stereocenters. The Hall–Kier alpha value is -0.980. The van der Waals surface area contributed by atoms with E-state index in [1.165, 1.54) is 37.7 Å². The zero-order chi connectivity index (χ0) is 26.0. The van der Waals surface area contributed by atoms with Crippen molar-refractivity contribution in [3.63, 3.8) is 0 Å². The molecule has 3 aliphatic carbocycles. The third-order valence-electron chi connectivity index (χ3n) is 9.52. The van der Waals surface area contributed by atoms with Crippen LogP contribution in [0.1, 0.15) is 91.9 Å². The van der Waals surface area contributed by atoms with E-state index in [0.29, 0.717) is 35.2 Å². The lowest BCUT2D eigenvalue weighted by Gasteiger charge is -2.44. The van der Waals surface area contributed by atoms with Crippen LogP contribution in [0.3, 0.4) is 0 Å². The van der Waals surface area contributed by atoms with E-state index < -0.39 is 29.8 Å². The molecule has 5 nitrogen and oxygen atoms in total. The molecule has 0 aromatic rings. The van der Waals surface area contributed by atoms with Gasteiger partial charge in [0.2, 0.25) is 0 Å². The molecule has 200 valence electrons. The largest absolute Gasteiger partial charge is 0.394 e. The van der Waals surface area contributed by atoms with Crippen molar-refractivity contribution in [1.29, 1.82) is 0 Å². The van der Waals surface area contributed by atoms with Crippen molar-refractivity contribution in [3.8, 4) is 0 Å². The Morgan fingerprint density at radius 3 is 2.57 bits per heavy atom. The Labute approximate surface area is 212 Å². The van der Waals surface area contributed by atoms with Crippen LogP contribution in [-0.2, 0) is 0 Å². The van der Waals surface area contributed by atoms with Crippen LogP contribution in [0, 0.1) is 29.1 Å². The Balaban J connectivity index is 1.69. The molecule has 0 aliphatic heterocycles. The number of allylic oxidation sites excluding steroid dienone is 3. The minimum atomic E-state index is -0.947. The molecule has 0 radical (unpaired) electrons. The number of aliphatic hydroxyl groups is 5. The summed E-state index contributed by atoms with van der Waals surface area (Å²) in [6.07, 6.45) is 11.4. The molecule has 0 heterocycles. The summed E-state index contributed by atoms with van der Waals surface area (Å²) in [4.78, 5) is 0. The zero-order valence-electron chi connectivity index (χ0n) is 22.4. The molecule has 0 bridgehead atoms. The molecule has 3 rings (SSSR count). The highest BCUT2D eigenvalue weighted by Crippen LogP contribution is 2.60. The monoisotopic (exact) mass is 490 g/mol. The summed E-state index contributed by atoms with van der Waals surface area (Å²) < 4.78 is 0. The van der Waals surface area contributed by atoms with Crippen LogP contribution >= 0.6 is 0 Å². The van der Waals surface area contributed by atoms with Gasteiger partial charge in [-0.3, -0.25) is 0 Å². The van der Waals surface area contributed by atoms with Gasteiger partial charge in [0.25, 0.3) is 0 Å². The van der Waals surface area contributed by atoms with E-state index in [2.05, 4.69) is 32.6 Å². The summed E-state index contributed by atoms with van der Waals surface area (Å²) in [6.45, 7) is 12.4. The summed E-state index contributed by atoms with van der Waals surface area (Å²) in [5.74, 6) is 1.42. The fourth-order valence-electron chi connectivity index (χ4n) is 7.50. The van der Waals surface area contributed by atoms with Gasteiger partial charge in [-0.25, -0.2) is 0 Å². The highest BCUT2D eigenvalue weighted by molar-refractivity contribution is 5.39. The van der Waals surface area contributed by atoms with Crippen LogP contribution in [0.15, 0.2) is 35.5 Å². The molecule has 5 N–H and O–H groups in total. The van der Waals surface area contributed by atoms with Crippen LogP contribution in [-0.4, -0.2) is 56.1 Å². The van der Waals surface area contributed by atoms with Crippen LogP contribution < -0.4 is 0 Å². The molecule has 1 unspecified atom stereocenters. The maximum absolute atomic E-state index is 10.7. The lowest BCUT2D eigenvalue weighted by molar-refractivity contribution is -0.0200. The van der Waals surface area contributed by atoms with E-state index in [4.69, 9.17) is 5.11 Å². The Morgan fingerprint density at radius 1 is 1.20 bits per heavy atom. The van der Waals surface area contributed by atoms with E-state index in [1.807, 2.05) is 13.8 Å². The maximum Gasteiger partial charge on any atom is 0.0840 e. The van der Waals surface area contributed by atoms with Crippen molar-refractivity contribution in [2.45, 2.75) is 116 Å². The lowest BCUT2D eigenvalue weighted by Crippen LogP contribution is -2.41. The van der Waals surface area contributed by atoms with Gasteiger partial charge in [0, 0.05) is 5.92 Å². The number of hydrogen-bond donors (Lipinski definition) is 5. The van der Waals surface area contributed by atoms with Crippen molar-refractivity contribution in [3.05, 3.63) is 35.5 Å². The van der Waals surface area contributed by atoms with Gasteiger partial charge in [0.15, 0.2) is 0 Å². The number of aliphatic hydroxyl groups excluding tert-OH is 4. The third-order valence-corrected chi connectivity index (χ3v) is 9.52. The quantitative estimate of drug-likeness (QED) is 0.323. The van der Waals surface area contributed by atoms with Gasteiger partial charge < -0.3 is 25.5 Å². The molecule has 0 saturated heterocycles. The normalized spacial score (nSPS) is 38.1. The topological polar surface area (TPSA) is 101 Å². The van der Waals surface area contributed by atoms with Crippen molar-refractivity contribution >= 4 is 0 Å². The van der Waals surface area contributed by atoms with Gasteiger partial charge in [-0.05, 0) is 99.5 Å². The van der Waals surface area contributed by atoms with Crippen molar-refractivity contribution < 1.29 is 25.5 Å². The van der Waals surface area contributed by atoms with E-state index >= 15 is 0 Å². The van der Waals surface area contributed by atoms with Gasteiger partial charge in [-0.15, -0.1) is 0 Å². The highest BCUT2D eigenvalue weighted by atomic mass is 16.3. The van der Waals surface area contributed by atoms with Crippen molar-refractivity contribution in [2.24, 2.45) is 29.1 Å². The zero-order valence-corrected chi connectivity index (χ0v) is 22.4. The fourth-order valence-corrected chi connectivity index (χ4v) is 7.50. The smallest absolute Gasteiger partial charge is 0.0840 e. The summed E-state index contributed by atoms with van der Waals surface area (Å²) >= 11 is 0. The first-order chi connectivity index (χ1) is 16.4. The van der Waals surface area contributed by atoms with E-state index in [1.54, 1.807) is 0 Å². The molecule has 0 spiro atoms. The number of fused-ring (bicyclic) bond motifs is 1. The molecule has 35 heavy (non-hydrogen) atoms. The van der Waals surface area contributed by atoms with E-state index in [-0.39, 0.29) is 13.0 Å². The Kier molecular flexibility index (Phi) is 9.48. The van der Waals surface area contributed by atoms with Gasteiger partial charge in [0.05, 0.1) is 30.5 Å². The van der Waals surface area contributed by atoms with Gasteiger partial charge in [-0.1, -0.05) is 51.0 Å². The first kappa shape index (κ1) is 28.6. The average molecular weight is 491 g/mol. The maximum atomic E-state index is 10.7. The van der Waals surface area contributed by atoms with Crippen molar-refractivity contribution in [1.82, 2.24) is 0 Å². The van der Waals surface area contributed by atoms with E-state index in [0.717, 1.165) is 24.8 Å². The summed E-state index contributed by atoms with van der Waals surface area (Å²) in [7, 11) is 0. The second-order valence-corrected chi connectivity index (χ2v) is 12.7. The van der Waals surface area contributed by atoms with Crippen LogP contribution in [0.5, 0.6) is 0 Å². The molecule has 3 aliphatic rings. The molecule has 0 aromatic carbocycles. The number of rotatable bonds is 9. The Morgan fingerprint density at radius 2 is 1.91 bits per heavy atom. The summed E-state index contributed by atoms with van der Waals surface area (Å²) in [6, 6.07) is 0. The second-order valence-electron chi connectivity index (χ2n) is 12.7. The molecule has 0 amide bonds. The van der Waals surface area contributed by atoms with Gasteiger partial charge >= 0.3 is 0 Å². The number of hydrogen-bond acceptors (Lipinski definition) is 5. The van der Waals surface area contributed by atoms with Gasteiger partial charge in [0.1, 0.15) is 0 Å². The average Bonchev–Trinajstić information content (AvgIpc) is 3.14. The Bertz CT molecular complexity index is 793. The van der Waals surface area contributed by atoms with E-state index in [9.17, 15) is 20.4 Å². The highest BCUT2D eigenvalue weighted by Gasteiger charge is 2.50. The predicted molar refractivity (Wildman–Crippen MR) is 141 cm³/mol. The first-order valence-electron chi connectivity index (χ1n) is 13.8. The summed E-state index contributed by atoms with van der Waals surface area (Å²) in [5.41, 5.74) is 2.72. The van der Waals surface area contributed by atoms with Crippen LogP contribution in [0.25, 0.3) is 0 Å². The standard InChI is InChI=1S/C30H50O5/c1-19(8-6-14-29(3,4)35)25-12-13-26-21(9-7-15-30(25,26)5)10-11-22-16-27(33)24(17-23(32)18-31)28(34)20(22)2/h10-11,19,23-28,31-35H,2,6-9,12-18H2,1,3-5H3/b21-10+,22-11-/t19-,23?,24+,25-,26+,27-,28-,30-/m1/s1. The lowest BCUT2D eigenvalue weighted by atomic mass is 9.60. The van der Waals surface area contributed by atoms with Crippen LogP contribution in [0.4, 0.5) is 0 Å². The van der Waals surface area contributed by atoms with Gasteiger partial charge in [-0.2, -0.15) is 0 Å². The second kappa shape index (κ2) is 11.6. The minimum absolute atomic E-state index is 0.155. The molecule has 5 heteroatoms. The van der Waals surface area contributed by atoms with Crippen LogP contribution in [0.2, 0.25) is 0 Å². The molecular weight excluding hydrogens is 440 g/mol. The SMILES string of the molecule is C=C1/C(=C\C=C2/CCC[C@]3(C)[C@@H]([C@H](C)CCCC(C)(C)O)CC[C@@H]23)C[C@@H](O)[C@H](CC(O)CO)[C@@H]1O. The molecular formula is C30H50O5. The first-order valence-corrected chi connectivity index (χ1v) is 13.8. The summed E-state index contributed by atoms with van der Waals surface area (Å²) in [5, 5.41) is 50.4. The third kappa shape index (κ3) is 6.67. The fraction of sp³-hybridized carbons (Fsp3) is 0.800. The minimum Gasteiger partial charge on any atom is -0.394 e. The van der Waals surface area contributed by atoms with Crippen molar-refractivity contribution in [2.75, 3.05) is 6.61 Å². The predicted octanol–water partition coefficient (Wildman–Crippen LogP) is 4.67. The molecule has 3 saturated carbocycles.